The zero-order chi connectivity index (χ0) is 8.59. The monoisotopic (exact) mass is 273 g/mol. The number of rotatable bonds is 0. The van der Waals surface area contributed by atoms with E-state index in [1.165, 1.54) is 6.07 Å². The maximum absolute atomic E-state index is 5.75. The van der Waals surface area contributed by atoms with Crippen LogP contribution in [0.1, 0.15) is 0 Å². The normalized spacial score (nSPS) is 10.2. The molecule has 0 saturated heterocycles. The van der Waals surface area contributed by atoms with Crippen LogP contribution in [0.15, 0.2) is 10.5 Å². The van der Waals surface area contributed by atoms with Crippen molar-refractivity contribution in [2.24, 2.45) is 0 Å². The molecule has 0 heterocycles. The van der Waals surface area contributed by atoms with E-state index in [4.69, 9.17) is 40.5 Å². The lowest BCUT2D eigenvalue weighted by Crippen LogP contribution is -1.88. The molecule has 0 unspecified atom stereocenters. The minimum atomic E-state index is 0.338. The topological polar surface area (TPSA) is 26.0 Å². The van der Waals surface area contributed by atoms with Gasteiger partial charge in [0.05, 0.1) is 25.2 Å². The van der Waals surface area contributed by atoms with Gasteiger partial charge in [-0.3, -0.25) is 0 Å². The van der Waals surface area contributed by atoms with Crippen molar-refractivity contribution in [3.05, 3.63) is 25.6 Å². The van der Waals surface area contributed by atoms with Crippen molar-refractivity contribution >= 4 is 56.4 Å². The first-order valence-electron chi connectivity index (χ1n) is 2.62. The summed E-state index contributed by atoms with van der Waals surface area (Å²) < 4.78 is 0.572. The molecule has 2 N–H and O–H groups in total. The van der Waals surface area contributed by atoms with E-state index in [-0.39, 0.29) is 0 Å². The van der Waals surface area contributed by atoms with E-state index in [1.807, 2.05) is 0 Å². The minimum Gasteiger partial charge on any atom is -0.396 e. The van der Waals surface area contributed by atoms with Crippen LogP contribution in [0.4, 0.5) is 5.69 Å². The van der Waals surface area contributed by atoms with Crippen molar-refractivity contribution in [2.45, 2.75) is 0 Å². The Balaban J connectivity index is 3.46. The number of anilines is 1. The summed E-state index contributed by atoms with van der Waals surface area (Å²) in [6.45, 7) is 0. The van der Waals surface area contributed by atoms with Gasteiger partial charge in [0, 0.05) is 0 Å². The van der Waals surface area contributed by atoms with Gasteiger partial charge in [-0.2, -0.15) is 0 Å². The summed E-state index contributed by atoms with van der Waals surface area (Å²) in [5, 5.41) is 1.17. The van der Waals surface area contributed by atoms with Gasteiger partial charge in [-0.1, -0.05) is 34.8 Å². The smallest absolute Gasteiger partial charge is 0.0807 e. The fraction of sp³-hybridized carbons (Fsp3) is 0. The molecule has 11 heavy (non-hydrogen) atoms. The molecule has 0 saturated carbocycles. The van der Waals surface area contributed by atoms with E-state index < -0.39 is 0 Å². The summed E-state index contributed by atoms with van der Waals surface area (Å²) in [6.07, 6.45) is 0. The Hall–Kier alpha value is 0.370. The molecule has 0 bridgehead atoms. The molecule has 0 aliphatic carbocycles. The molecule has 0 radical (unpaired) electrons. The number of benzene rings is 1. The van der Waals surface area contributed by atoms with Gasteiger partial charge in [0.25, 0.3) is 0 Å². The fourth-order valence-electron chi connectivity index (χ4n) is 0.580. The summed E-state index contributed by atoms with van der Waals surface area (Å²) in [5.41, 5.74) is 5.84. The molecule has 0 spiro atoms. The third kappa shape index (κ3) is 1.75. The summed E-state index contributed by atoms with van der Waals surface area (Å²) in [7, 11) is 0. The van der Waals surface area contributed by atoms with Gasteiger partial charge in [-0.25, -0.2) is 0 Å². The molecular formula is C6H3BrCl3N. The predicted octanol–water partition coefficient (Wildman–Crippen LogP) is 3.99. The average molecular weight is 275 g/mol. The highest BCUT2D eigenvalue weighted by atomic mass is 79.9. The molecule has 60 valence electrons. The molecule has 0 amide bonds. The van der Waals surface area contributed by atoms with Crippen LogP contribution in [-0.2, 0) is 0 Å². The highest BCUT2D eigenvalue weighted by Gasteiger charge is 2.09. The number of hydrogen-bond acceptors (Lipinski definition) is 1. The van der Waals surface area contributed by atoms with Gasteiger partial charge in [0.2, 0.25) is 0 Å². The zero-order valence-electron chi connectivity index (χ0n) is 5.17. The third-order valence-corrected chi connectivity index (χ3v) is 3.43. The first kappa shape index (κ1) is 9.46. The van der Waals surface area contributed by atoms with Crippen LogP contribution in [-0.4, -0.2) is 0 Å². The van der Waals surface area contributed by atoms with Crippen LogP contribution in [0, 0.1) is 0 Å². The molecule has 1 rings (SSSR count). The van der Waals surface area contributed by atoms with E-state index in [1.54, 1.807) is 0 Å². The average Bonchev–Trinajstić information content (AvgIpc) is 1.97. The van der Waals surface area contributed by atoms with Crippen molar-refractivity contribution in [3.8, 4) is 0 Å². The van der Waals surface area contributed by atoms with E-state index in [9.17, 15) is 0 Å². The molecule has 1 aromatic rings. The van der Waals surface area contributed by atoms with E-state index in [2.05, 4.69) is 15.9 Å². The first-order valence-corrected chi connectivity index (χ1v) is 4.55. The number of nitrogen functional groups attached to an aromatic ring is 1. The lowest BCUT2D eigenvalue weighted by Gasteiger charge is -2.04. The van der Waals surface area contributed by atoms with Crippen LogP contribution >= 0.6 is 50.7 Å². The Morgan fingerprint density at radius 1 is 1.18 bits per heavy atom. The van der Waals surface area contributed by atoms with Gasteiger partial charge in [0.1, 0.15) is 0 Å². The van der Waals surface area contributed by atoms with Crippen LogP contribution in [0.25, 0.3) is 0 Å². The molecule has 0 aliphatic rings. The standard InChI is InChI=1S/C6H3BrCl3N/c7-4-2(8)1-3(9)6(11)5(4)10/h1H,11H2. The molecule has 0 fully saturated rings. The van der Waals surface area contributed by atoms with E-state index >= 15 is 0 Å². The fourth-order valence-corrected chi connectivity index (χ4v) is 1.67. The van der Waals surface area contributed by atoms with Crippen molar-refractivity contribution in [1.29, 1.82) is 0 Å². The van der Waals surface area contributed by atoms with Crippen molar-refractivity contribution < 1.29 is 0 Å². The van der Waals surface area contributed by atoms with Gasteiger partial charge in [-0.15, -0.1) is 0 Å². The summed E-state index contributed by atoms with van der Waals surface area (Å²) in [6, 6.07) is 1.54. The van der Waals surface area contributed by atoms with Crippen molar-refractivity contribution in [3.63, 3.8) is 0 Å². The maximum Gasteiger partial charge on any atom is 0.0807 e. The Morgan fingerprint density at radius 3 is 2.27 bits per heavy atom. The van der Waals surface area contributed by atoms with Gasteiger partial charge in [0.15, 0.2) is 0 Å². The largest absolute Gasteiger partial charge is 0.396 e. The van der Waals surface area contributed by atoms with Gasteiger partial charge in [-0.05, 0) is 22.0 Å². The molecular weight excluding hydrogens is 272 g/mol. The van der Waals surface area contributed by atoms with E-state index in [0.29, 0.717) is 25.2 Å². The lowest BCUT2D eigenvalue weighted by molar-refractivity contribution is 1.63. The number of hydrogen-bond donors (Lipinski definition) is 1. The van der Waals surface area contributed by atoms with Crippen LogP contribution in [0.5, 0.6) is 0 Å². The van der Waals surface area contributed by atoms with E-state index in [0.717, 1.165) is 0 Å². The third-order valence-electron chi connectivity index (χ3n) is 1.15. The van der Waals surface area contributed by atoms with Crippen LogP contribution in [0.2, 0.25) is 15.1 Å². The quantitative estimate of drug-likeness (QED) is 0.432. The molecule has 0 atom stereocenters. The predicted molar refractivity (Wildman–Crippen MR) is 53.6 cm³/mol. The van der Waals surface area contributed by atoms with Crippen LogP contribution in [0.3, 0.4) is 0 Å². The highest BCUT2D eigenvalue weighted by molar-refractivity contribution is 9.10. The Morgan fingerprint density at radius 2 is 1.73 bits per heavy atom. The Kier molecular flexibility index (Phi) is 2.92. The zero-order valence-corrected chi connectivity index (χ0v) is 9.02. The minimum absolute atomic E-state index is 0.338. The molecule has 0 aliphatic heterocycles. The molecule has 1 aromatic carbocycles. The first-order chi connectivity index (χ1) is 5.04. The summed E-state index contributed by atoms with van der Waals surface area (Å²) >= 11 is 20.3. The molecule has 5 heteroatoms. The Bertz CT molecular complexity index is 274. The maximum atomic E-state index is 5.75. The Labute approximate surface area is 87.5 Å². The van der Waals surface area contributed by atoms with Gasteiger partial charge < -0.3 is 5.73 Å². The van der Waals surface area contributed by atoms with Crippen molar-refractivity contribution in [2.75, 3.05) is 5.73 Å². The SMILES string of the molecule is Nc1c(Cl)cc(Cl)c(Br)c1Cl. The lowest BCUT2D eigenvalue weighted by atomic mass is 10.3. The van der Waals surface area contributed by atoms with Crippen LogP contribution < -0.4 is 5.73 Å². The second-order valence-electron chi connectivity index (χ2n) is 1.88. The number of nitrogens with two attached hydrogens (primary N) is 1. The van der Waals surface area contributed by atoms with Gasteiger partial charge >= 0.3 is 0 Å². The summed E-state index contributed by atoms with van der Waals surface area (Å²) in [4.78, 5) is 0. The van der Waals surface area contributed by atoms with Crippen molar-refractivity contribution in [1.82, 2.24) is 0 Å². The number of halogens is 4. The molecule has 1 nitrogen and oxygen atoms in total. The second kappa shape index (κ2) is 3.40. The highest BCUT2D eigenvalue weighted by Crippen LogP contribution is 2.39. The second-order valence-corrected chi connectivity index (χ2v) is 3.87. The summed E-state index contributed by atoms with van der Waals surface area (Å²) in [5.74, 6) is 0. The molecule has 0 aromatic heterocycles.